The average Bonchev–Trinajstić information content (AvgIpc) is 2.27. The van der Waals surface area contributed by atoms with Crippen molar-refractivity contribution in [3.8, 4) is 5.75 Å². The van der Waals surface area contributed by atoms with E-state index < -0.39 is 17.3 Å². The molecule has 3 N–H and O–H groups in total. The number of ether oxygens (including phenoxy) is 1. The molecule has 6 heteroatoms. The molecule has 104 valence electrons. The zero-order valence-corrected chi connectivity index (χ0v) is 11.2. The summed E-state index contributed by atoms with van der Waals surface area (Å²) in [5.74, 6) is -0.345. The van der Waals surface area contributed by atoms with Gasteiger partial charge in [-0.15, -0.1) is 0 Å². The number of hydrogen-bond acceptors (Lipinski definition) is 4. The Labute approximate surface area is 111 Å². The maximum Gasteiger partial charge on any atom is 0.407 e. The van der Waals surface area contributed by atoms with Gasteiger partial charge in [0, 0.05) is 12.7 Å². The van der Waals surface area contributed by atoms with Gasteiger partial charge in [-0.3, -0.25) is 4.79 Å². The Balaban J connectivity index is 2.44. The molecule has 0 spiro atoms. The van der Waals surface area contributed by atoms with E-state index in [4.69, 9.17) is 4.74 Å². The Hall–Kier alpha value is -2.24. The lowest BCUT2D eigenvalue weighted by atomic mass is 10.2. The molecule has 0 aliphatic rings. The van der Waals surface area contributed by atoms with Crippen molar-refractivity contribution >= 4 is 12.2 Å². The number of carbonyl (C=O) groups is 1. The summed E-state index contributed by atoms with van der Waals surface area (Å²) in [6.45, 7) is 5.64. The largest absolute Gasteiger partial charge is 0.503 e. The summed E-state index contributed by atoms with van der Waals surface area (Å²) in [5.41, 5.74) is -0.439. The number of aromatic amines is 1. The molecule has 6 nitrogen and oxygen atoms in total. The normalized spacial score (nSPS) is 11.5. The standard InChI is InChI=1S/C13H18N2O4/c1-13(2,3)19-12(18)14-6-4-5-9-7-10(16)11(17)15-8-9/h4-5,7-8,16H,6H2,1-3H3,(H,14,18)(H,15,17). The predicted octanol–water partition coefficient (Wildman–Crippen LogP) is 1.62. The number of nitrogens with one attached hydrogen (secondary N) is 2. The SMILES string of the molecule is CC(C)(C)OC(=O)NCC=Cc1c[nH]c(=O)c(O)c1. The number of amides is 1. The van der Waals surface area contributed by atoms with Crippen molar-refractivity contribution in [1.82, 2.24) is 10.3 Å². The number of carbonyl (C=O) groups excluding carboxylic acids is 1. The minimum atomic E-state index is -0.538. The van der Waals surface area contributed by atoms with Gasteiger partial charge in [0.2, 0.25) is 0 Å². The van der Waals surface area contributed by atoms with Crippen molar-refractivity contribution in [2.45, 2.75) is 26.4 Å². The second-order valence-corrected chi connectivity index (χ2v) is 4.93. The second-order valence-electron chi connectivity index (χ2n) is 4.93. The van der Waals surface area contributed by atoms with Crippen LogP contribution in [0.3, 0.4) is 0 Å². The Bertz CT molecular complexity index is 526. The molecule has 0 aliphatic carbocycles. The maximum atomic E-state index is 11.3. The molecule has 0 saturated heterocycles. The summed E-state index contributed by atoms with van der Waals surface area (Å²) in [4.78, 5) is 24.6. The molecular formula is C13H18N2O4. The summed E-state index contributed by atoms with van der Waals surface area (Å²) in [6.07, 6.45) is 4.30. The van der Waals surface area contributed by atoms with Gasteiger partial charge in [-0.05, 0) is 32.4 Å². The van der Waals surface area contributed by atoms with E-state index in [9.17, 15) is 14.7 Å². The van der Waals surface area contributed by atoms with Crippen molar-refractivity contribution in [1.29, 1.82) is 0 Å². The predicted molar refractivity (Wildman–Crippen MR) is 72.0 cm³/mol. The fourth-order valence-electron chi connectivity index (χ4n) is 1.24. The third kappa shape index (κ3) is 5.76. The smallest absolute Gasteiger partial charge is 0.407 e. The van der Waals surface area contributed by atoms with E-state index in [0.29, 0.717) is 5.56 Å². The van der Waals surface area contributed by atoms with Gasteiger partial charge in [0.1, 0.15) is 5.60 Å². The average molecular weight is 266 g/mol. The van der Waals surface area contributed by atoms with Crippen LogP contribution in [0.25, 0.3) is 6.08 Å². The number of aromatic hydroxyl groups is 1. The lowest BCUT2D eigenvalue weighted by Crippen LogP contribution is -2.32. The summed E-state index contributed by atoms with van der Waals surface area (Å²) >= 11 is 0. The summed E-state index contributed by atoms with van der Waals surface area (Å²) in [7, 11) is 0. The Kier molecular flexibility index (Phi) is 4.74. The van der Waals surface area contributed by atoms with E-state index >= 15 is 0 Å². The lowest BCUT2D eigenvalue weighted by Gasteiger charge is -2.19. The Morgan fingerprint density at radius 1 is 1.53 bits per heavy atom. The quantitative estimate of drug-likeness (QED) is 0.775. The zero-order chi connectivity index (χ0) is 14.5. The number of rotatable bonds is 3. The molecule has 1 amide bonds. The monoisotopic (exact) mass is 266 g/mol. The molecule has 0 bridgehead atoms. The molecule has 0 aliphatic heterocycles. The minimum Gasteiger partial charge on any atom is -0.503 e. The van der Waals surface area contributed by atoms with Gasteiger partial charge >= 0.3 is 6.09 Å². The Morgan fingerprint density at radius 3 is 2.79 bits per heavy atom. The molecule has 0 radical (unpaired) electrons. The van der Waals surface area contributed by atoms with Crippen LogP contribution < -0.4 is 10.9 Å². The van der Waals surface area contributed by atoms with E-state index in [0.717, 1.165) is 0 Å². The van der Waals surface area contributed by atoms with Gasteiger partial charge in [-0.25, -0.2) is 4.79 Å². The molecule has 0 fully saturated rings. The van der Waals surface area contributed by atoms with Crippen LogP contribution in [0.5, 0.6) is 5.75 Å². The van der Waals surface area contributed by atoms with Gasteiger partial charge in [-0.2, -0.15) is 0 Å². The number of pyridine rings is 1. The first-order valence-corrected chi connectivity index (χ1v) is 5.83. The third-order valence-corrected chi connectivity index (χ3v) is 1.98. The van der Waals surface area contributed by atoms with E-state index in [1.807, 2.05) is 0 Å². The summed E-state index contributed by atoms with van der Waals surface area (Å²) < 4.78 is 5.05. The molecule has 19 heavy (non-hydrogen) atoms. The van der Waals surface area contributed by atoms with Crippen LogP contribution in [0, 0.1) is 0 Å². The first-order valence-electron chi connectivity index (χ1n) is 5.83. The van der Waals surface area contributed by atoms with E-state index in [1.54, 1.807) is 32.9 Å². The van der Waals surface area contributed by atoms with Gasteiger partial charge in [0.25, 0.3) is 5.56 Å². The molecule has 0 atom stereocenters. The van der Waals surface area contributed by atoms with E-state index in [-0.39, 0.29) is 12.3 Å². The third-order valence-electron chi connectivity index (χ3n) is 1.98. The highest BCUT2D eigenvalue weighted by Crippen LogP contribution is 2.07. The highest BCUT2D eigenvalue weighted by atomic mass is 16.6. The molecule has 0 aromatic carbocycles. The van der Waals surface area contributed by atoms with Crippen LogP contribution in [0.15, 0.2) is 23.1 Å². The molecule has 0 unspecified atom stereocenters. The molecule has 0 saturated carbocycles. The highest BCUT2D eigenvalue weighted by molar-refractivity contribution is 5.68. The first kappa shape index (κ1) is 14.8. The summed E-state index contributed by atoms with van der Waals surface area (Å²) in [5, 5.41) is 11.8. The lowest BCUT2D eigenvalue weighted by molar-refractivity contribution is 0.0534. The van der Waals surface area contributed by atoms with Crippen LogP contribution in [0.2, 0.25) is 0 Å². The Morgan fingerprint density at radius 2 is 2.21 bits per heavy atom. The van der Waals surface area contributed by atoms with Crippen molar-refractivity contribution in [2.75, 3.05) is 6.54 Å². The van der Waals surface area contributed by atoms with Crippen molar-refractivity contribution in [3.63, 3.8) is 0 Å². The van der Waals surface area contributed by atoms with Crippen LogP contribution in [-0.4, -0.2) is 28.3 Å². The minimum absolute atomic E-state index is 0.287. The van der Waals surface area contributed by atoms with Crippen LogP contribution in [0.1, 0.15) is 26.3 Å². The van der Waals surface area contributed by atoms with Gasteiger partial charge < -0.3 is 20.1 Å². The first-order chi connectivity index (χ1) is 8.78. The van der Waals surface area contributed by atoms with Gasteiger partial charge in [0.05, 0.1) is 0 Å². The van der Waals surface area contributed by atoms with Crippen molar-refractivity contribution in [2.24, 2.45) is 0 Å². The van der Waals surface area contributed by atoms with Gasteiger partial charge in [-0.1, -0.05) is 12.2 Å². The van der Waals surface area contributed by atoms with Crippen molar-refractivity contribution < 1.29 is 14.6 Å². The number of hydrogen-bond donors (Lipinski definition) is 3. The molecule has 1 heterocycles. The molecule has 1 aromatic rings. The molecular weight excluding hydrogens is 248 g/mol. The number of aromatic nitrogens is 1. The van der Waals surface area contributed by atoms with Crippen LogP contribution in [0.4, 0.5) is 4.79 Å². The molecule has 1 aromatic heterocycles. The van der Waals surface area contributed by atoms with Crippen LogP contribution >= 0.6 is 0 Å². The fraction of sp³-hybridized carbons (Fsp3) is 0.385. The maximum absolute atomic E-state index is 11.3. The number of H-pyrrole nitrogens is 1. The van der Waals surface area contributed by atoms with Crippen LogP contribution in [-0.2, 0) is 4.74 Å². The highest BCUT2D eigenvalue weighted by Gasteiger charge is 2.14. The second kappa shape index (κ2) is 6.08. The fourth-order valence-corrected chi connectivity index (χ4v) is 1.24. The van der Waals surface area contributed by atoms with Crippen molar-refractivity contribution in [3.05, 3.63) is 34.3 Å². The van der Waals surface area contributed by atoms with E-state index in [1.165, 1.54) is 12.3 Å². The van der Waals surface area contributed by atoms with E-state index in [2.05, 4.69) is 10.3 Å². The topological polar surface area (TPSA) is 91.4 Å². The number of alkyl carbamates (subject to hydrolysis) is 1. The molecule has 1 rings (SSSR count). The zero-order valence-electron chi connectivity index (χ0n) is 11.2. The summed E-state index contributed by atoms with van der Waals surface area (Å²) in [6, 6.07) is 1.34. The van der Waals surface area contributed by atoms with Gasteiger partial charge in [0.15, 0.2) is 5.75 Å².